The first-order valence-electron chi connectivity index (χ1n) is 6.79. The van der Waals surface area contributed by atoms with Crippen LogP contribution in [0.25, 0.3) is 11.3 Å². The highest BCUT2D eigenvalue weighted by Crippen LogP contribution is 2.27. The van der Waals surface area contributed by atoms with Crippen molar-refractivity contribution in [2.45, 2.75) is 31.7 Å². The van der Waals surface area contributed by atoms with Gasteiger partial charge in [-0.05, 0) is 43.7 Å². The second kappa shape index (κ2) is 5.53. The summed E-state index contributed by atoms with van der Waals surface area (Å²) in [5.41, 5.74) is 1.64. The van der Waals surface area contributed by atoms with Crippen molar-refractivity contribution in [1.82, 2.24) is 10.5 Å². The lowest BCUT2D eigenvalue weighted by Crippen LogP contribution is -2.19. The Kier molecular flexibility index (Phi) is 3.60. The van der Waals surface area contributed by atoms with Crippen LogP contribution in [0, 0.1) is 5.82 Å². The number of hydrogen-bond acceptors (Lipinski definition) is 3. The molecule has 0 bridgehead atoms. The molecule has 100 valence electrons. The molecule has 0 saturated carbocycles. The molecule has 4 heteroatoms. The van der Waals surface area contributed by atoms with Gasteiger partial charge in [-0.1, -0.05) is 18.0 Å². The second-order valence-corrected chi connectivity index (χ2v) is 4.98. The maximum absolute atomic E-state index is 12.9. The van der Waals surface area contributed by atoms with Crippen LogP contribution in [0.5, 0.6) is 0 Å². The topological polar surface area (TPSA) is 38.1 Å². The zero-order valence-corrected chi connectivity index (χ0v) is 10.7. The number of nitrogens with zero attached hydrogens (tertiary/aromatic N) is 1. The van der Waals surface area contributed by atoms with E-state index in [0.717, 1.165) is 30.0 Å². The van der Waals surface area contributed by atoms with E-state index in [4.69, 9.17) is 4.52 Å². The fourth-order valence-electron chi connectivity index (χ4n) is 2.48. The predicted molar refractivity (Wildman–Crippen MR) is 71.1 cm³/mol. The Morgan fingerprint density at radius 3 is 2.84 bits per heavy atom. The van der Waals surface area contributed by atoms with Gasteiger partial charge >= 0.3 is 0 Å². The first kappa shape index (κ1) is 12.4. The number of benzene rings is 1. The lowest BCUT2D eigenvalue weighted by Gasteiger charge is -2.10. The summed E-state index contributed by atoms with van der Waals surface area (Å²) in [6.07, 6.45) is 4.78. The molecule has 1 N–H and O–H groups in total. The molecule has 1 aromatic carbocycles. The van der Waals surface area contributed by atoms with Crippen molar-refractivity contribution >= 4 is 0 Å². The Hall–Kier alpha value is -1.68. The minimum absolute atomic E-state index is 0.238. The van der Waals surface area contributed by atoms with Crippen molar-refractivity contribution in [3.8, 4) is 11.3 Å². The van der Waals surface area contributed by atoms with E-state index in [1.54, 1.807) is 12.1 Å². The first-order valence-corrected chi connectivity index (χ1v) is 6.79. The predicted octanol–water partition coefficient (Wildman–Crippen LogP) is 3.69. The molecule has 1 atom stereocenters. The van der Waals surface area contributed by atoms with Crippen LogP contribution in [0.15, 0.2) is 34.9 Å². The fraction of sp³-hybridized carbons (Fsp3) is 0.400. The Bertz CT molecular complexity index is 527. The molecule has 1 aliphatic heterocycles. The van der Waals surface area contributed by atoms with E-state index in [2.05, 4.69) is 10.5 Å². The molecular weight excluding hydrogens is 243 g/mol. The average Bonchev–Trinajstić information content (AvgIpc) is 2.76. The van der Waals surface area contributed by atoms with Crippen molar-refractivity contribution in [1.29, 1.82) is 0 Å². The molecule has 19 heavy (non-hydrogen) atoms. The Balaban J connectivity index is 1.80. The van der Waals surface area contributed by atoms with Gasteiger partial charge in [0.15, 0.2) is 5.76 Å². The van der Waals surface area contributed by atoms with Gasteiger partial charge in [0.05, 0.1) is 6.04 Å². The van der Waals surface area contributed by atoms with E-state index >= 15 is 0 Å². The molecule has 1 fully saturated rings. The summed E-state index contributed by atoms with van der Waals surface area (Å²) in [6.45, 7) is 1.03. The molecule has 2 aromatic rings. The summed E-state index contributed by atoms with van der Waals surface area (Å²) in [7, 11) is 0. The summed E-state index contributed by atoms with van der Waals surface area (Å²) in [5, 5.41) is 7.56. The van der Waals surface area contributed by atoms with Gasteiger partial charge in [0, 0.05) is 11.6 Å². The molecule has 0 amide bonds. The largest absolute Gasteiger partial charge is 0.359 e. The summed E-state index contributed by atoms with van der Waals surface area (Å²) in [4.78, 5) is 0. The number of rotatable bonds is 2. The molecule has 0 aliphatic carbocycles. The molecule has 2 heterocycles. The monoisotopic (exact) mass is 260 g/mol. The van der Waals surface area contributed by atoms with Crippen LogP contribution >= 0.6 is 0 Å². The minimum Gasteiger partial charge on any atom is -0.359 e. The summed E-state index contributed by atoms with van der Waals surface area (Å²) in [6, 6.07) is 8.52. The number of aromatic nitrogens is 1. The first-order chi connectivity index (χ1) is 9.33. The standard InChI is InChI=1S/C15H17FN2O/c16-12-7-5-11(6-8-12)14-10-15(19-18-14)13-4-2-1-3-9-17-13/h5-8,10,13,17H,1-4,9H2. The molecule has 1 saturated heterocycles. The third kappa shape index (κ3) is 2.84. The van der Waals surface area contributed by atoms with Gasteiger partial charge in [-0.25, -0.2) is 4.39 Å². The van der Waals surface area contributed by atoms with Gasteiger partial charge in [0.2, 0.25) is 0 Å². The van der Waals surface area contributed by atoms with Crippen LogP contribution in [-0.4, -0.2) is 11.7 Å². The quantitative estimate of drug-likeness (QED) is 0.895. The van der Waals surface area contributed by atoms with Gasteiger partial charge in [-0.2, -0.15) is 0 Å². The van der Waals surface area contributed by atoms with Crippen molar-refractivity contribution in [2.75, 3.05) is 6.54 Å². The molecule has 3 nitrogen and oxygen atoms in total. The summed E-state index contributed by atoms with van der Waals surface area (Å²) in [5.74, 6) is 0.638. The molecule has 1 aromatic heterocycles. The lowest BCUT2D eigenvalue weighted by molar-refractivity contribution is 0.336. The van der Waals surface area contributed by atoms with E-state index < -0.39 is 0 Å². The highest BCUT2D eigenvalue weighted by atomic mass is 19.1. The van der Waals surface area contributed by atoms with Crippen LogP contribution in [0.3, 0.4) is 0 Å². The van der Waals surface area contributed by atoms with Crippen LogP contribution in [0.4, 0.5) is 4.39 Å². The molecule has 3 rings (SSSR count). The van der Waals surface area contributed by atoms with Crippen molar-refractivity contribution in [2.24, 2.45) is 0 Å². The van der Waals surface area contributed by atoms with Gasteiger partial charge in [0.1, 0.15) is 11.5 Å². The average molecular weight is 260 g/mol. The third-order valence-electron chi connectivity index (χ3n) is 3.57. The van der Waals surface area contributed by atoms with Crippen LogP contribution in [0.2, 0.25) is 0 Å². The molecule has 0 radical (unpaired) electrons. The second-order valence-electron chi connectivity index (χ2n) is 4.98. The molecule has 0 spiro atoms. The Morgan fingerprint density at radius 2 is 2.00 bits per heavy atom. The van der Waals surface area contributed by atoms with Crippen molar-refractivity contribution in [3.63, 3.8) is 0 Å². The number of halogens is 1. The highest BCUT2D eigenvalue weighted by Gasteiger charge is 2.18. The van der Waals surface area contributed by atoms with Gasteiger partial charge in [0.25, 0.3) is 0 Å². The lowest BCUT2D eigenvalue weighted by atomic mass is 10.1. The van der Waals surface area contributed by atoms with Crippen LogP contribution < -0.4 is 5.32 Å². The summed E-state index contributed by atoms with van der Waals surface area (Å²) >= 11 is 0. The zero-order chi connectivity index (χ0) is 13.1. The van der Waals surface area contributed by atoms with E-state index in [1.165, 1.54) is 31.4 Å². The third-order valence-corrected chi connectivity index (χ3v) is 3.57. The normalized spacial score (nSPS) is 20.2. The Morgan fingerprint density at radius 1 is 1.16 bits per heavy atom. The number of hydrogen-bond donors (Lipinski definition) is 1. The van der Waals surface area contributed by atoms with E-state index in [-0.39, 0.29) is 11.9 Å². The SMILES string of the molecule is Fc1ccc(-c2cc(C3CCCCCN3)on2)cc1. The number of nitrogens with one attached hydrogen (secondary N) is 1. The maximum Gasteiger partial charge on any atom is 0.154 e. The smallest absolute Gasteiger partial charge is 0.154 e. The van der Waals surface area contributed by atoms with E-state index in [9.17, 15) is 4.39 Å². The Labute approximate surface area is 111 Å². The van der Waals surface area contributed by atoms with Crippen molar-refractivity contribution in [3.05, 3.63) is 41.9 Å². The summed E-state index contributed by atoms with van der Waals surface area (Å²) < 4.78 is 18.3. The highest BCUT2D eigenvalue weighted by molar-refractivity contribution is 5.58. The molecule has 1 aliphatic rings. The molecule has 1 unspecified atom stereocenters. The fourth-order valence-corrected chi connectivity index (χ4v) is 2.48. The van der Waals surface area contributed by atoms with Gasteiger partial charge in [-0.15, -0.1) is 0 Å². The van der Waals surface area contributed by atoms with E-state index in [1.807, 2.05) is 6.07 Å². The van der Waals surface area contributed by atoms with E-state index in [0.29, 0.717) is 0 Å². The van der Waals surface area contributed by atoms with Crippen LogP contribution in [-0.2, 0) is 0 Å². The zero-order valence-electron chi connectivity index (χ0n) is 10.7. The van der Waals surface area contributed by atoms with Gasteiger partial charge < -0.3 is 9.84 Å². The maximum atomic E-state index is 12.9. The van der Waals surface area contributed by atoms with Gasteiger partial charge in [-0.3, -0.25) is 0 Å². The van der Waals surface area contributed by atoms with Crippen molar-refractivity contribution < 1.29 is 8.91 Å². The van der Waals surface area contributed by atoms with Crippen LogP contribution in [0.1, 0.15) is 37.5 Å². The molecular formula is C15H17FN2O. The minimum atomic E-state index is -0.238.